The van der Waals surface area contributed by atoms with Gasteiger partial charge in [0.25, 0.3) is 0 Å². The number of hydrogen-bond donors (Lipinski definition) is 1. The molecule has 6 heteroatoms. The Hall–Kier alpha value is -1.82. The number of benzene rings is 1. The fourth-order valence-electron chi connectivity index (χ4n) is 2.29. The Labute approximate surface area is 137 Å². The van der Waals surface area contributed by atoms with Crippen LogP contribution in [0.25, 0.3) is 0 Å². The Morgan fingerprint density at radius 3 is 2.27 bits per heavy atom. The predicted molar refractivity (Wildman–Crippen MR) is 92.7 cm³/mol. The van der Waals surface area contributed by atoms with Gasteiger partial charge in [-0.25, -0.2) is 4.79 Å². The van der Waals surface area contributed by atoms with E-state index in [1.807, 2.05) is 45.0 Å². The third kappa shape index (κ3) is 4.59. The maximum Gasteiger partial charge on any atom is 0.410 e. The third-order valence-electron chi connectivity index (χ3n) is 3.36. The van der Waals surface area contributed by atoms with Crippen molar-refractivity contribution in [2.75, 3.05) is 36.4 Å². The van der Waals surface area contributed by atoms with Gasteiger partial charge in [0, 0.05) is 37.6 Å². The zero-order valence-corrected chi connectivity index (χ0v) is 14.1. The zero-order valence-electron chi connectivity index (χ0n) is 13.3. The highest BCUT2D eigenvalue weighted by Gasteiger charge is 2.25. The molecule has 0 aromatic heterocycles. The fraction of sp³-hybridized carbons (Fsp3) is 0.500. The Balaban J connectivity index is 1.89. The van der Waals surface area contributed by atoms with Gasteiger partial charge >= 0.3 is 6.09 Å². The van der Waals surface area contributed by atoms with E-state index in [4.69, 9.17) is 4.74 Å². The highest BCUT2D eigenvalue weighted by Crippen LogP contribution is 2.20. The first-order chi connectivity index (χ1) is 10.4. The number of nitrogens with zero attached hydrogens (tertiary/aromatic N) is 2. The van der Waals surface area contributed by atoms with E-state index in [0.717, 1.165) is 24.5 Å². The lowest BCUT2D eigenvalue weighted by molar-refractivity contribution is 0.0240. The van der Waals surface area contributed by atoms with Gasteiger partial charge in [0.2, 0.25) is 0 Å². The lowest BCUT2D eigenvalue weighted by atomic mass is 10.2. The van der Waals surface area contributed by atoms with Crippen molar-refractivity contribution in [3.63, 3.8) is 0 Å². The van der Waals surface area contributed by atoms with Gasteiger partial charge < -0.3 is 19.9 Å². The van der Waals surface area contributed by atoms with Crippen molar-refractivity contribution in [2.24, 2.45) is 0 Å². The Morgan fingerprint density at radius 2 is 1.77 bits per heavy atom. The van der Waals surface area contributed by atoms with Crippen LogP contribution in [0.2, 0.25) is 0 Å². The van der Waals surface area contributed by atoms with Crippen LogP contribution >= 0.6 is 12.2 Å². The maximum absolute atomic E-state index is 12.0. The van der Waals surface area contributed by atoms with Crippen LogP contribution in [-0.2, 0) is 4.74 Å². The zero-order chi connectivity index (χ0) is 16.2. The van der Waals surface area contributed by atoms with Gasteiger partial charge in [-0.05, 0) is 45.0 Å². The summed E-state index contributed by atoms with van der Waals surface area (Å²) < 4.78 is 5.40. The number of nitrogens with one attached hydrogen (secondary N) is 1. The molecule has 5 nitrogen and oxygen atoms in total. The van der Waals surface area contributed by atoms with Crippen molar-refractivity contribution in [2.45, 2.75) is 26.4 Å². The van der Waals surface area contributed by atoms with E-state index >= 15 is 0 Å². The summed E-state index contributed by atoms with van der Waals surface area (Å²) in [4.78, 5) is 16.1. The van der Waals surface area contributed by atoms with Gasteiger partial charge in [-0.3, -0.25) is 0 Å². The summed E-state index contributed by atoms with van der Waals surface area (Å²) in [5, 5.41) is 2.86. The first-order valence-corrected chi connectivity index (χ1v) is 7.76. The second-order valence-electron chi connectivity index (χ2n) is 6.23. The Kier molecular flexibility index (Phi) is 5.24. The molecule has 1 fully saturated rings. The summed E-state index contributed by atoms with van der Waals surface area (Å²) in [7, 11) is 0. The molecule has 1 N–H and O–H groups in total. The summed E-state index contributed by atoms with van der Waals surface area (Å²) >= 11 is 4.65. The largest absolute Gasteiger partial charge is 0.444 e. The summed E-state index contributed by atoms with van der Waals surface area (Å²) in [6.07, 6.45) is -0.233. The van der Waals surface area contributed by atoms with E-state index in [2.05, 4.69) is 27.9 Å². The number of anilines is 2. The number of hydrogen-bond acceptors (Lipinski definition) is 4. The van der Waals surface area contributed by atoms with E-state index in [9.17, 15) is 4.79 Å². The molecule has 0 bridgehead atoms. The molecule has 0 spiro atoms. The molecule has 22 heavy (non-hydrogen) atoms. The molecule has 1 aliphatic heterocycles. The molecular formula is C16H22N3O2S. The molecule has 0 saturated carbocycles. The van der Waals surface area contributed by atoms with E-state index in [1.54, 1.807) is 4.90 Å². The highest BCUT2D eigenvalue weighted by molar-refractivity contribution is 7.79. The molecular weight excluding hydrogens is 298 g/mol. The molecule has 119 valence electrons. The summed E-state index contributed by atoms with van der Waals surface area (Å²) in [6, 6.07) is 8.01. The maximum atomic E-state index is 12.0. The van der Waals surface area contributed by atoms with Gasteiger partial charge in [0.05, 0.1) is 0 Å². The molecule has 1 radical (unpaired) electrons. The van der Waals surface area contributed by atoms with E-state index in [-0.39, 0.29) is 6.09 Å². The second-order valence-corrected chi connectivity index (χ2v) is 6.43. The van der Waals surface area contributed by atoms with Gasteiger partial charge in [-0.15, -0.1) is 0 Å². The number of ether oxygens (including phenoxy) is 1. The average Bonchev–Trinajstić information content (AvgIpc) is 2.47. The topological polar surface area (TPSA) is 44.8 Å². The van der Waals surface area contributed by atoms with Crippen molar-refractivity contribution < 1.29 is 9.53 Å². The van der Waals surface area contributed by atoms with Crippen molar-refractivity contribution in [1.82, 2.24) is 4.90 Å². The lowest BCUT2D eigenvalue weighted by Gasteiger charge is -2.36. The smallest absolute Gasteiger partial charge is 0.410 e. The molecule has 2 rings (SSSR count). The normalized spacial score (nSPS) is 15.4. The molecule has 1 aliphatic rings. The summed E-state index contributed by atoms with van der Waals surface area (Å²) in [5.74, 6) is 0. The number of amides is 1. The quantitative estimate of drug-likeness (QED) is 0.685. The van der Waals surface area contributed by atoms with Gasteiger partial charge in [-0.1, -0.05) is 12.2 Å². The van der Waals surface area contributed by atoms with Crippen LogP contribution in [0, 0.1) is 0 Å². The minimum atomic E-state index is -0.449. The average molecular weight is 320 g/mol. The van der Waals surface area contributed by atoms with Crippen molar-refractivity contribution in [3.05, 3.63) is 24.3 Å². The van der Waals surface area contributed by atoms with Crippen molar-refractivity contribution in [3.8, 4) is 0 Å². The molecule has 1 saturated heterocycles. The second kappa shape index (κ2) is 6.96. The minimum Gasteiger partial charge on any atom is -0.444 e. The van der Waals surface area contributed by atoms with Crippen LogP contribution in [0.5, 0.6) is 0 Å². The molecule has 1 aromatic rings. The lowest BCUT2D eigenvalue weighted by Crippen LogP contribution is -2.50. The first-order valence-electron chi connectivity index (χ1n) is 7.35. The van der Waals surface area contributed by atoms with E-state index in [1.165, 1.54) is 0 Å². The van der Waals surface area contributed by atoms with Crippen LogP contribution in [0.3, 0.4) is 0 Å². The number of carbonyl (C=O) groups is 1. The summed E-state index contributed by atoms with van der Waals surface area (Å²) in [6.45, 7) is 8.58. The van der Waals surface area contributed by atoms with Crippen LogP contribution in [0.15, 0.2) is 24.3 Å². The van der Waals surface area contributed by atoms with Crippen LogP contribution in [0.4, 0.5) is 16.2 Å². The Bertz CT molecular complexity index is 517. The first kappa shape index (κ1) is 16.5. The number of rotatable bonds is 3. The Morgan fingerprint density at radius 1 is 1.18 bits per heavy atom. The molecule has 0 unspecified atom stereocenters. The molecule has 0 atom stereocenters. The van der Waals surface area contributed by atoms with Crippen molar-refractivity contribution >= 4 is 35.2 Å². The van der Waals surface area contributed by atoms with Crippen LogP contribution in [0.1, 0.15) is 20.8 Å². The monoisotopic (exact) mass is 320 g/mol. The van der Waals surface area contributed by atoms with Crippen molar-refractivity contribution in [1.29, 1.82) is 0 Å². The highest BCUT2D eigenvalue weighted by atomic mass is 32.1. The summed E-state index contributed by atoms with van der Waals surface area (Å²) in [5.41, 5.74) is 4.09. The van der Waals surface area contributed by atoms with E-state index < -0.39 is 5.60 Å². The fourth-order valence-corrected chi connectivity index (χ4v) is 2.41. The third-order valence-corrected chi connectivity index (χ3v) is 3.46. The van der Waals surface area contributed by atoms with Gasteiger partial charge in [0.1, 0.15) is 11.1 Å². The minimum absolute atomic E-state index is 0.233. The molecule has 0 aliphatic carbocycles. The number of thiocarbonyl (C=S) groups is 1. The SMILES string of the molecule is CC(C)(C)OC(=O)N1CCN(c2ccc(N[C]=S)cc2)CC1. The van der Waals surface area contributed by atoms with Crippen LogP contribution < -0.4 is 10.2 Å². The number of carbonyl (C=O) groups excluding carboxylic acids is 1. The molecule has 1 amide bonds. The molecule has 1 aromatic carbocycles. The van der Waals surface area contributed by atoms with E-state index in [0.29, 0.717) is 13.1 Å². The van der Waals surface area contributed by atoms with Gasteiger partial charge in [-0.2, -0.15) is 0 Å². The standard InChI is InChI=1S/C16H22N3O2S/c1-16(2,3)21-15(20)19-10-8-18(9-11-19)14-6-4-13(5-7-14)17-12-22/h4-7H,8-11H2,1-3H3,(H,17,22). The molecule has 1 heterocycles. The van der Waals surface area contributed by atoms with Crippen LogP contribution in [-0.4, -0.2) is 48.3 Å². The van der Waals surface area contributed by atoms with Gasteiger partial charge in [0.15, 0.2) is 0 Å². The number of piperazine rings is 1. The predicted octanol–water partition coefficient (Wildman–Crippen LogP) is 2.99.